The van der Waals surface area contributed by atoms with E-state index in [1.807, 2.05) is 6.92 Å². The molecule has 0 amide bonds. The average Bonchev–Trinajstić information content (AvgIpc) is 2.44. The van der Waals surface area contributed by atoms with Crippen LogP contribution in [0.2, 0.25) is 0 Å². The summed E-state index contributed by atoms with van der Waals surface area (Å²) < 4.78 is 0. The number of aliphatic carboxylic acids is 1. The number of nitrogens with one attached hydrogen (secondary N) is 2. The smallest absolute Gasteiger partial charge is 0.306 e. The van der Waals surface area contributed by atoms with Gasteiger partial charge in [0.15, 0.2) is 0 Å². The van der Waals surface area contributed by atoms with Crippen molar-refractivity contribution in [2.75, 3.05) is 39.3 Å². The molecule has 6 nitrogen and oxygen atoms in total. The first-order chi connectivity index (χ1) is 9.63. The number of unbranched alkanes of at least 4 members (excludes halogenated alkanes) is 1. The highest BCUT2D eigenvalue weighted by molar-refractivity contribution is 5.69. The Kier molecular flexibility index (Phi) is 19.8. The molecule has 0 heterocycles. The number of carboxylic acids is 1. The highest BCUT2D eigenvalue weighted by Gasteiger charge is 2.12. The molecule has 1 unspecified atom stereocenters. The summed E-state index contributed by atoms with van der Waals surface area (Å²) in [6.45, 7) is 9.14. The first-order valence-corrected chi connectivity index (χ1v) is 7.68. The Balaban J connectivity index is 0. The molecule has 0 aromatic carbocycles. The molecule has 0 aromatic heterocycles. The van der Waals surface area contributed by atoms with Gasteiger partial charge in [0, 0.05) is 39.3 Å². The number of carboxylic acid groups (broad SMARTS) is 1. The number of hydrogen-bond acceptors (Lipinski definition) is 5. The molecule has 0 saturated heterocycles. The van der Waals surface area contributed by atoms with Gasteiger partial charge in [0.25, 0.3) is 0 Å². The van der Waals surface area contributed by atoms with Crippen LogP contribution in [-0.4, -0.2) is 50.3 Å². The van der Waals surface area contributed by atoms with Crippen LogP contribution in [0.5, 0.6) is 0 Å². The van der Waals surface area contributed by atoms with Gasteiger partial charge in [-0.25, -0.2) is 0 Å². The normalized spacial score (nSPS) is 11.6. The molecular formula is C14H34N4O2. The zero-order valence-corrected chi connectivity index (χ0v) is 13.2. The van der Waals surface area contributed by atoms with E-state index in [0.29, 0.717) is 13.1 Å². The molecule has 7 N–H and O–H groups in total. The standard InChI is InChI=1S/C8H16O2.C6H18N4/c1-3-5-6-7(4-2)8(9)10;7-1-3-9-5-6-10-4-2-8/h7H,3-6H2,1-2H3,(H,9,10);9-10H,1-8H2. The minimum atomic E-state index is -0.643. The van der Waals surface area contributed by atoms with E-state index in [2.05, 4.69) is 17.6 Å². The minimum Gasteiger partial charge on any atom is -0.481 e. The van der Waals surface area contributed by atoms with E-state index in [9.17, 15) is 4.79 Å². The molecule has 0 saturated carbocycles. The quantitative estimate of drug-likeness (QED) is 0.332. The van der Waals surface area contributed by atoms with Crippen molar-refractivity contribution >= 4 is 5.97 Å². The highest BCUT2D eigenvalue weighted by atomic mass is 16.4. The monoisotopic (exact) mass is 290 g/mol. The Morgan fingerprint density at radius 3 is 1.85 bits per heavy atom. The van der Waals surface area contributed by atoms with Crippen LogP contribution in [0.4, 0.5) is 0 Å². The van der Waals surface area contributed by atoms with Gasteiger partial charge in [-0.3, -0.25) is 4.79 Å². The van der Waals surface area contributed by atoms with Gasteiger partial charge >= 0.3 is 5.97 Å². The van der Waals surface area contributed by atoms with E-state index in [0.717, 1.165) is 51.9 Å². The molecule has 0 aliphatic rings. The molecule has 6 heteroatoms. The number of hydrogen-bond donors (Lipinski definition) is 5. The van der Waals surface area contributed by atoms with Gasteiger partial charge in [0.05, 0.1) is 5.92 Å². The van der Waals surface area contributed by atoms with Gasteiger partial charge in [-0.05, 0) is 12.8 Å². The zero-order chi connectivity index (χ0) is 15.6. The van der Waals surface area contributed by atoms with Gasteiger partial charge < -0.3 is 27.2 Å². The molecule has 1 atom stereocenters. The lowest BCUT2D eigenvalue weighted by Crippen LogP contribution is -2.32. The van der Waals surface area contributed by atoms with Gasteiger partial charge in [0.2, 0.25) is 0 Å². The molecule has 0 aromatic rings. The fraction of sp³-hybridized carbons (Fsp3) is 0.929. The first-order valence-electron chi connectivity index (χ1n) is 7.68. The van der Waals surface area contributed by atoms with Crippen molar-refractivity contribution in [3.8, 4) is 0 Å². The predicted octanol–water partition coefficient (Wildman–Crippen LogP) is 0.370. The molecule has 0 spiro atoms. The van der Waals surface area contributed by atoms with Crippen molar-refractivity contribution < 1.29 is 9.90 Å². The third kappa shape index (κ3) is 17.3. The lowest BCUT2D eigenvalue weighted by atomic mass is 10.00. The van der Waals surface area contributed by atoms with Gasteiger partial charge in [-0.2, -0.15) is 0 Å². The van der Waals surface area contributed by atoms with E-state index in [1.165, 1.54) is 0 Å². The van der Waals surface area contributed by atoms with Crippen molar-refractivity contribution in [1.82, 2.24) is 10.6 Å². The molecule has 122 valence electrons. The van der Waals surface area contributed by atoms with E-state index < -0.39 is 5.97 Å². The van der Waals surface area contributed by atoms with Gasteiger partial charge in [-0.1, -0.05) is 26.7 Å². The average molecular weight is 290 g/mol. The summed E-state index contributed by atoms with van der Waals surface area (Å²) in [5.41, 5.74) is 10.5. The second-order valence-corrected chi connectivity index (χ2v) is 4.66. The lowest BCUT2D eigenvalue weighted by molar-refractivity contribution is -0.142. The van der Waals surface area contributed by atoms with E-state index >= 15 is 0 Å². The Labute approximate surface area is 123 Å². The fourth-order valence-electron chi connectivity index (χ4n) is 1.58. The van der Waals surface area contributed by atoms with Crippen LogP contribution in [0, 0.1) is 5.92 Å². The summed E-state index contributed by atoms with van der Waals surface area (Å²) in [5, 5.41) is 14.9. The Hall–Kier alpha value is -0.690. The number of rotatable bonds is 12. The number of nitrogens with two attached hydrogens (primary N) is 2. The molecule has 20 heavy (non-hydrogen) atoms. The third-order valence-corrected chi connectivity index (χ3v) is 2.87. The van der Waals surface area contributed by atoms with Crippen LogP contribution in [0.3, 0.4) is 0 Å². The summed E-state index contributed by atoms with van der Waals surface area (Å²) >= 11 is 0. The van der Waals surface area contributed by atoms with E-state index in [1.54, 1.807) is 0 Å². The predicted molar refractivity (Wildman–Crippen MR) is 84.8 cm³/mol. The second kappa shape index (κ2) is 18.3. The fourth-order valence-corrected chi connectivity index (χ4v) is 1.58. The maximum absolute atomic E-state index is 10.4. The lowest BCUT2D eigenvalue weighted by Gasteiger charge is -2.06. The molecular weight excluding hydrogens is 256 g/mol. The summed E-state index contributed by atoms with van der Waals surface area (Å²) in [6, 6.07) is 0. The molecule has 0 fully saturated rings. The summed E-state index contributed by atoms with van der Waals surface area (Å²) in [5.74, 6) is -0.754. The van der Waals surface area contributed by atoms with Crippen LogP contribution < -0.4 is 22.1 Å². The van der Waals surface area contributed by atoms with Crippen molar-refractivity contribution in [3.05, 3.63) is 0 Å². The largest absolute Gasteiger partial charge is 0.481 e. The maximum atomic E-state index is 10.4. The van der Waals surface area contributed by atoms with Crippen LogP contribution in [-0.2, 0) is 4.79 Å². The highest BCUT2D eigenvalue weighted by Crippen LogP contribution is 2.11. The maximum Gasteiger partial charge on any atom is 0.306 e. The Bertz CT molecular complexity index is 196. The third-order valence-electron chi connectivity index (χ3n) is 2.87. The summed E-state index contributed by atoms with van der Waals surface area (Å²) in [4.78, 5) is 10.4. The second-order valence-electron chi connectivity index (χ2n) is 4.66. The SMILES string of the molecule is CCCCC(CC)C(=O)O.NCCNCCNCCN. The van der Waals surface area contributed by atoms with Crippen LogP contribution in [0.1, 0.15) is 39.5 Å². The summed E-state index contributed by atoms with van der Waals surface area (Å²) in [7, 11) is 0. The molecule has 0 radical (unpaired) electrons. The van der Waals surface area contributed by atoms with Crippen molar-refractivity contribution in [3.63, 3.8) is 0 Å². The van der Waals surface area contributed by atoms with Crippen LogP contribution in [0.25, 0.3) is 0 Å². The molecule has 0 bridgehead atoms. The van der Waals surface area contributed by atoms with Crippen LogP contribution >= 0.6 is 0 Å². The van der Waals surface area contributed by atoms with Crippen molar-refractivity contribution in [1.29, 1.82) is 0 Å². The zero-order valence-electron chi connectivity index (χ0n) is 13.2. The minimum absolute atomic E-state index is 0.111. The first kappa shape index (κ1) is 21.6. The number of carbonyl (C=O) groups is 1. The van der Waals surface area contributed by atoms with Crippen molar-refractivity contribution in [2.24, 2.45) is 17.4 Å². The Morgan fingerprint density at radius 1 is 1.05 bits per heavy atom. The van der Waals surface area contributed by atoms with Gasteiger partial charge in [-0.15, -0.1) is 0 Å². The topological polar surface area (TPSA) is 113 Å². The van der Waals surface area contributed by atoms with Crippen LogP contribution in [0.15, 0.2) is 0 Å². The molecule has 0 aliphatic heterocycles. The Morgan fingerprint density at radius 2 is 1.55 bits per heavy atom. The molecule has 0 rings (SSSR count). The molecule has 0 aliphatic carbocycles. The van der Waals surface area contributed by atoms with Crippen molar-refractivity contribution in [2.45, 2.75) is 39.5 Å². The van der Waals surface area contributed by atoms with Gasteiger partial charge in [0.1, 0.15) is 0 Å². The summed E-state index contributed by atoms with van der Waals surface area (Å²) in [6.07, 6.45) is 3.71. The van der Waals surface area contributed by atoms with E-state index in [-0.39, 0.29) is 5.92 Å². The van der Waals surface area contributed by atoms with E-state index in [4.69, 9.17) is 16.6 Å².